The lowest BCUT2D eigenvalue weighted by atomic mass is 9.95. The third kappa shape index (κ3) is 2.87. The first-order chi connectivity index (χ1) is 6.57. The number of carbonyl (C=O) groups excluding carboxylic acids is 1. The number of nitrogens with zero attached hydrogens (tertiary/aromatic N) is 1. The fourth-order valence-electron chi connectivity index (χ4n) is 1.53. The molecule has 0 aromatic heterocycles. The van der Waals surface area contributed by atoms with Crippen molar-refractivity contribution in [3.05, 3.63) is 0 Å². The fourth-order valence-corrected chi connectivity index (χ4v) is 1.53. The first kappa shape index (κ1) is 11.3. The molecule has 0 spiro atoms. The zero-order valence-corrected chi connectivity index (χ0v) is 9.30. The first-order valence-electron chi connectivity index (χ1n) is 5.18. The van der Waals surface area contributed by atoms with E-state index in [1.807, 2.05) is 13.8 Å². The van der Waals surface area contributed by atoms with E-state index in [1.54, 1.807) is 11.9 Å². The van der Waals surface area contributed by atoms with Gasteiger partial charge in [-0.3, -0.25) is 0 Å². The molecule has 4 nitrogen and oxygen atoms in total. The highest BCUT2D eigenvalue weighted by Crippen LogP contribution is 2.18. The van der Waals surface area contributed by atoms with E-state index in [-0.39, 0.29) is 11.6 Å². The summed E-state index contributed by atoms with van der Waals surface area (Å²) in [7, 11) is 1.79. The SMILES string of the molecule is CCN(C)C(=O)NC1(C)CCCOC1. The minimum absolute atomic E-state index is 0.0134. The molecule has 82 valence electrons. The molecule has 1 saturated heterocycles. The van der Waals surface area contributed by atoms with Crippen molar-refractivity contribution in [2.45, 2.75) is 32.2 Å². The second kappa shape index (κ2) is 4.64. The molecule has 0 aliphatic carbocycles. The second-order valence-corrected chi connectivity index (χ2v) is 4.16. The van der Waals surface area contributed by atoms with Crippen molar-refractivity contribution in [1.29, 1.82) is 0 Å². The molecule has 1 rings (SSSR count). The van der Waals surface area contributed by atoms with E-state index in [0.29, 0.717) is 6.61 Å². The van der Waals surface area contributed by atoms with E-state index >= 15 is 0 Å². The van der Waals surface area contributed by atoms with Crippen LogP contribution in [0.5, 0.6) is 0 Å². The molecule has 1 aliphatic heterocycles. The van der Waals surface area contributed by atoms with E-state index in [0.717, 1.165) is 26.0 Å². The maximum Gasteiger partial charge on any atom is 0.317 e. The zero-order chi connectivity index (χ0) is 10.6. The van der Waals surface area contributed by atoms with Crippen LogP contribution < -0.4 is 5.32 Å². The van der Waals surface area contributed by atoms with E-state index in [2.05, 4.69) is 5.32 Å². The average Bonchev–Trinajstić information content (AvgIpc) is 2.17. The number of hydrogen-bond acceptors (Lipinski definition) is 2. The van der Waals surface area contributed by atoms with Gasteiger partial charge in [-0.15, -0.1) is 0 Å². The monoisotopic (exact) mass is 200 g/mol. The number of nitrogens with one attached hydrogen (secondary N) is 1. The van der Waals surface area contributed by atoms with Crippen molar-refractivity contribution < 1.29 is 9.53 Å². The Kier molecular flexibility index (Phi) is 3.75. The summed E-state index contributed by atoms with van der Waals surface area (Å²) in [6, 6.07) is -0.0134. The number of rotatable bonds is 2. The minimum atomic E-state index is -0.182. The van der Waals surface area contributed by atoms with Gasteiger partial charge in [0, 0.05) is 20.2 Å². The molecule has 0 bridgehead atoms. The maximum atomic E-state index is 11.6. The lowest BCUT2D eigenvalue weighted by Crippen LogP contribution is -2.54. The van der Waals surface area contributed by atoms with Gasteiger partial charge in [0.25, 0.3) is 0 Å². The summed E-state index contributed by atoms with van der Waals surface area (Å²) in [6.07, 6.45) is 2.02. The molecule has 14 heavy (non-hydrogen) atoms. The van der Waals surface area contributed by atoms with Crippen LogP contribution in [-0.4, -0.2) is 43.3 Å². The number of carbonyl (C=O) groups is 1. The summed E-state index contributed by atoms with van der Waals surface area (Å²) in [4.78, 5) is 13.3. The van der Waals surface area contributed by atoms with Gasteiger partial charge >= 0.3 is 6.03 Å². The van der Waals surface area contributed by atoms with Crippen molar-refractivity contribution >= 4 is 6.03 Å². The van der Waals surface area contributed by atoms with Crippen molar-refractivity contribution in [3.63, 3.8) is 0 Å². The van der Waals surface area contributed by atoms with Crippen LogP contribution in [0.1, 0.15) is 26.7 Å². The Bertz CT molecular complexity index is 200. The molecule has 1 atom stereocenters. The summed E-state index contributed by atoms with van der Waals surface area (Å²) in [5, 5.41) is 3.01. The number of hydrogen-bond donors (Lipinski definition) is 1. The lowest BCUT2D eigenvalue weighted by molar-refractivity contribution is 0.0314. The molecule has 2 amide bonds. The summed E-state index contributed by atoms with van der Waals surface area (Å²) < 4.78 is 5.37. The highest BCUT2D eigenvalue weighted by Gasteiger charge is 2.29. The summed E-state index contributed by atoms with van der Waals surface area (Å²) in [6.45, 7) is 6.15. The predicted molar refractivity (Wildman–Crippen MR) is 55.3 cm³/mol. The van der Waals surface area contributed by atoms with E-state index in [9.17, 15) is 4.79 Å². The highest BCUT2D eigenvalue weighted by atomic mass is 16.5. The standard InChI is InChI=1S/C10H20N2O2/c1-4-12(3)9(13)11-10(2)6-5-7-14-8-10/h4-8H2,1-3H3,(H,11,13). The Balaban J connectivity index is 2.44. The molecule has 1 fully saturated rings. The van der Waals surface area contributed by atoms with Gasteiger partial charge in [-0.05, 0) is 26.7 Å². The molecule has 1 unspecified atom stereocenters. The van der Waals surface area contributed by atoms with Crippen molar-refractivity contribution in [2.75, 3.05) is 26.8 Å². The smallest absolute Gasteiger partial charge is 0.317 e. The summed E-state index contributed by atoms with van der Waals surface area (Å²) in [5.74, 6) is 0. The quantitative estimate of drug-likeness (QED) is 0.728. The number of urea groups is 1. The molecular weight excluding hydrogens is 180 g/mol. The van der Waals surface area contributed by atoms with Crippen molar-refractivity contribution in [3.8, 4) is 0 Å². The van der Waals surface area contributed by atoms with Crippen LogP contribution in [0.15, 0.2) is 0 Å². The maximum absolute atomic E-state index is 11.6. The summed E-state index contributed by atoms with van der Waals surface area (Å²) in [5.41, 5.74) is -0.182. The minimum Gasteiger partial charge on any atom is -0.379 e. The topological polar surface area (TPSA) is 41.6 Å². The van der Waals surface area contributed by atoms with Crippen LogP contribution in [0.3, 0.4) is 0 Å². The van der Waals surface area contributed by atoms with Gasteiger partial charge in [-0.2, -0.15) is 0 Å². The Morgan fingerprint density at radius 2 is 2.36 bits per heavy atom. The van der Waals surface area contributed by atoms with Crippen LogP contribution in [0.4, 0.5) is 4.79 Å². The van der Waals surface area contributed by atoms with E-state index < -0.39 is 0 Å². The summed E-state index contributed by atoms with van der Waals surface area (Å²) >= 11 is 0. The van der Waals surface area contributed by atoms with E-state index in [4.69, 9.17) is 4.74 Å². The molecule has 1 heterocycles. The van der Waals surface area contributed by atoms with Crippen LogP contribution in [0, 0.1) is 0 Å². The van der Waals surface area contributed by atoms with Gasteiger partial charge in [0.15, 0.2) is 0 Å². The first-order valence-corrected chi connectivity index (χ1v) is 5.18. The third-order valence-electron chi connectivity index (χ3n) is 2.67. The molecule has 4 heteroatoms. The molecule has 0 saturated carbocycles. The Morgan fingerprint density at radius 3 is 2.86 bits per heavy atom. The van der Waals surface area contributed by atoms with E-state index in [1.165, 1.54) is 0 Å². The normalized spacial score (nSPS) is 27.1. The van der Waals surface area contributed by atoms with Gasteiger partial charge in [0.05, 0.1) is 12.1 Å². The number of amides is 2. The van der Waals surface area contributed by atoms with Gasteiger partial charge in [0.2, 0.25) is 0 Å². The van der Waals surface area contributed by atoms with Gasteiger partial charge in [0.1, 0.15) is 0 Å². The van der Waals surface area contributed by atoms with Crippen LogP contribution in [0.25, 0.3) is 0 Å². The Labute approximate surface area is 85.6 Å². The molecule has 0 radical (unpaired) electrons. The fraction of sp³-hybridized carbons (Fsp3) is 0.900. The second-order valence-electron chi connectivity index (χ2n) is 4.16. The highest BCUT2D eigenvalue weighted by molar-refractivity contribution is 5.74. The Morgan fingerprint density at radius 1 is 1.64 bits per heavy atom. The molecule has 0 aromatic rings. The lowest BCUT2D eigenvalue weighted by Gasteiger charge is -2.35. The Hall–Kier alpha value is -0.770. The molecule has 1 N–H and O–H groups in total. The van der Waals surface area contributed by atoms with Crippen molar-refractivity contribution in [2.24, 2.45) is 0 Å². The van der Waals surface area contributed by atoms with Gasteiger partial charge in [-0.25, -0.2) is 4.79 Å². The van der Waals surface area contributed by atoms with Crippen LogP contribution in [0.2, 0.25) is 0 Å². The number of ether oxygens (including phenoxy) is 1. The largest absolute Gasteiger partial charge is 0.379 e. The van der Waals surface area contributed by atoms with Gasteiger partial charge < -0.3 is 15.0 Å². The molecular formula is C10H20N2O2. The average molecular weight is 200 g/mol. The zero-order valence-electron chi connectivity index (χ0n) is 9.30. The predicted octanol–water partition coefficient (Wildman–Crippen LogP) is 1.22. The van der Waals surface area contributed by atoms with Crippen LogP contribution in [-0.2, 0) is 4.74 Å². The van der Waals surface area contributed by atoms with Crippen molar-refractivity contribution in [1.82, 2.24) is 10.2 Å². The molecule has 0 aromatic carbocycles. The van der Waals surface area contributed by atoms with Gasteiger partial charge in [-0.1, -0.05) is 0 Å². The van der Waals surface area contributed by atoms with Crippen LogP contribution >= 0.6 is 0 Å². The molecule has 1 aliphatic rings. The third-order valence-corrected chi connectivity index (χ3v) is 2.67.